The molecule has 2 heterocycles. The number of carbonyl (C=O) groups excluding carboxylic acids is 1. The second kappa shape index (κ2) is 4.52. The Balaban J connectivity index is 1.61. The highest BCUT2D eigenvalue weighted by molar-refractivity contribution is 5.90. The van der Waals surface area contributed by atoms with Gasteiger partial charge >= 0.3 is 5.97 Å². The van der Waals surface area contributed by atoms with Gasteiger partial charge in [0.15, 0.2) is 0 Å². The SMILES string of the molecule is C[C@@H]1C[C@@]2(C(=O)N3C[C@@H](c4cccnc4)[C@](F)(C(=O)O)C3)C[C@@H]12. The first-order valence-corrected chi connectivity index (χ1v) is 8.00. The van der Waals surface area contributed by atoms with Gasteiger partial charge in [-0.25, -0.2) is 9.18 Å². The number of halogens is 1. The van der Waals surface area contributed by atoms with Crippen molar-refractivity contribution < 1.29 is 19.1 Å². The van der Waals surface area contributed by atoms with Crippen molar-refractivity contribution in [2.45, 2.75) is 31.4 Å². The van der Waals surface area contributed by atoms with E-state index in [0.717, 1.165) is 12.8 Å². The number of aliphatic carboxylic acids is 1. The Hall–Kier alpha value is -1.98. The van der Waals surface area contributed by atoms with Crippen molar-refractivity contribution in [1.82, 2.24) is 9.88 Å². The van der Waals surface area contributed by atoms with Crippen LogP contribution in [-0.4, -0.2) is 45.6 Å². The Morgan fingerprint density at radius 2 is 2.22 bits per heavy atom. The highest BCUT2D eigenvalue weighted by Crippen LogP contribution is 2.71. The van der Waals surface area contributed by atoms with E-state index in [2.05, 4.69) is 11.9 Å². The molecular formula is C17H19FN2O3. The monoisotopic (exact) mass is 318 g/mol. The number of carboxylic acid groups (broad SMARTS) is 1. The van der Waals surface area contributed by atoms with Gasteiger partial charge in [-0.2, -0.15) is 0 Å². The van der Waals surface area contributed by atoms with Gasteiger partial charge in [-0.15, -0.1) is 0 Å². The molecule has 2 aliphatic carbocycles. The third-order valence-corrected chi connectivity index (χ3v) is 6.04. The molecule has 5 nitrogen and oxygen atoms in total. The molecule has 0 radical (unpaired) electrons. The molecule has 0 bridgehead atoms. The van der Waals surface area contributed by atoms with Crippen molar-refractivity contribution in [1.29, 1.82) is 0 Å². The van der Waals surface area contributed by atoms with E-state index in [9.17, 15) is 14.7 Å². The lowest BCUT2D eigenvalue weighted by atomic mass is 9.75. The second-order valence-corrected chi connectivity index (χ2v) is 7.34. The van der Waals surface area contributed by atoms with Gasteiger partial charge in [0.1, 0.15) is 0 Å². The van der Waals surface area contributed by atoms with Crippen LogP contribution in [0.15, 0.2) is 24.5 Å². The van der Waals surface area contributed by atoms with Gasteiger partial charge in [0, 0.05) is 18.9 Å². The summed E-state index contributed by atoms with van der Waals surface area (Å²) in [4.78, 5) is 29.7. The number of likely N-dealkylation sites (tertiary alicyclic amines) is 1. The Morgan fingerprint density at radius 3 is 2.74 bits per heavy atom. The predicted octanol–water partition coefficient (Wildman–Crippen LogP) is 1.85. The third-order valence-electron chi connectivity index (χ3n) is 6.04. The number of nitrogens with zero attached hydrogens (tertiary/aromatic N) is 2. The minimum atomic E-state index is -2.45. The largest absolute Gasteiger partial charge is 0.479 e. The quantitative estimate of drug-likeness (QED) is 0.923. The van der Waals surface area contributed by atoms with Crippen molar-refractivity contribution in [2.75, 3.05) is 13.1 Å². The highest BCUT2D eigenvalue weighted by atomic mass is 19.1. The molecule has 3 aliphatic rings. The zero-order valence-electron chi connectivity index (χ0n) is 12.9. The van der Waals surface area contributed by atoms with Gasteiger partial charge in [-0.1, -0.05) is 13.0 Å². The van der Waals surface area contributed by atoms with Gasteiger partial charge < -0.3 is 10.0 Å². The average Bonchev–Trinajstić information content (AvgIpc) is 3.01. The highest BCUT2D eigenvalue weighted by Gasteiger charge is 2.71. The Bertz CT molecular complexity index is 682. The molecule has 1 aromatic rings. The molecule has 0 spiro atoms. The number of carbonyl (C=O) groups is 2. The maximum Gasteiger partial charge on any atom is 0.344 e. The van der Waals surface area contributed by atoms with Crippen LogP contribution in [0, 0.1) is 17.3 Å². The lowest BCUT2D eigenvalue weighted by Crippen LogP contribution is -2.45. The molecule has 5 atom stereocenters. The maximum absolute atomic E-state index is 15.2. The summed E-state index contributed by atoms with van der Waals surface area (Å²) in [5.74, 6) is -1.48. The normalized spacial score (nSPS) is 41.1. The molecule has 1 N–H and O–H groups in total. The smallest absolute Gasteiger partial charge is 0.344 e. The molecule has 0 aromatic carbocycles. The first-order chi connectivity index (χ1) is 10.9. The van der Waals surface area contributed by atoms with Crippen LogP contribution in [0.4, 0.5) is 4.39 Å². The van der Waals surface area contributed by atoms with Crippen LogP contribution in [0.5, 0.6) is 0 Å². The number of hydrogen-bond donors (Lipinski definition) is 1. The van der Waals surface area contributed by atoms with E-state index in [1.807, 2.05) is 0 Å². The fraction of sp³-hybridized carbons (Fsp3) is 0.588. The number of rotatable bonds is 3. The summed E-state index contributed by atoms with van der Waals surface area (Å²) in [6, 6.07) is 3.33. The summed E-state index contributed by atoms with van der Waals surface area (Å²) in [7, 11) is 0. The third kappa shape index (κ3) is 1.87. The van der Waals surface area contributed by atoms with Gasteiger partial charge in [0.2, 0.25) is 11.6 Å². The molecule has 1 saturated heterocycles. The zero-order chi connectivity index (χ0) is 16.4. The fourth-order valence-corrected chi connectivity index (χ4v) is 4.66. The van der Waals surface area contributed by atoms with Crippen molar-refractivity contribution in [3.8, 4) is 0 Å². The van der Waals surface area contributed by atoms with Crippen molar-refractivity contribution in [2.24, 2.45) is 17.3 Å². The number of hydrogen-bond acceptors (Lipinski definition) is 3. The maximum atomic E-state index is 15.2. The molecule has 3 fully saturated rings. The number of pyridine rings is 1. The average molecular weight is 318 g/mol. The van der Waals surface area contributed by atoms with Crippen LogP contribution in [0.3, 0.4) is 0 Å². The molecule has 1 aromatic heterocycles. The summed E-state index contributed by atoms with van der Waals surface area (Å²) < 4.78 is 15.2. The van der Waals surface area contributed by atoms with E-state index >= 15 is 4.39 Å². The summed E-state index contributed by atoms with van der Waals surface area (Å²) in [6.45, 7) is 1.86. The molecule has 23 heavy (non-hydrogen) atoms. The Labute approximate surface area is 133 Å². The van der Waals surface area contributed by atoms with Crippen LogP contribution < -0.4 is 0 Å². The Kier molecular flexibility index (Phi) is 2.87. The topological polar surface area (TPSA) is 70.5 Å². The lowest BCUT2D eigenvalue weighted by Gasteiger charge is -2.34. The van der Waals surface area contributed by atoms with E-state index in [4.69, 9.17) is 0 Å². The first-order valence-electron chi connectivity index (χ1n) is 8.00. The fourth-order valence-electron chi connectivity index (χ4n) is 4.66. The number of amides is 1. The molecule has 4 rings (SSSR count). The van der Waals surface area contributed by atoms with E-state index in [1.165, 1.54) is 11.1 Å². The molecule has 1 aliphatic heterocycles. The summed E-state index contributed by atoms with van der Waals surface area (Å²) in [5.41, 5.74) is -2.24. The molecule has 2 saturated carbocycles. The predicted molar refractivity (Wildman–Crippen MR) is 79.4 cm³/mol. The van der Waals surface area contributed by atoms with E-state index in [0.29, 0.717) is 17.4 Å². The van der Waals surface area contributed by atoms with Gasteiger partial charge in [-0.05, 0) is 36.3 Å². The van der Waals surface area contributed by atoms with Crippen LogP contribution in [0.1, 0.15) is 31.2 Å². The molecular weight excluding hydrogens is 299 g/mol. The van der Waals surface area contributed by atoms with E-state index in [1.54, 1.807) is 18.3 Å². The van der Waals surface area contributed by atoms with E-state index < -0.39 is 17.6 Å². The minimum absolute atomic E-state index is 0.0599. The zero-order valence-corrected chi connectivity index (χ0v) is 12.9. The molecule has 122 valence electrons. The van der Waals surface area contributed by atoms with Gasteiger partial charge in [-0.3, -0.25) is 9.78 Å². The van der Waals surface area contributed by atoms with Crippen LogP contribution in [0.25, 0.3) is 0 Å². The van der Waals surface area contributed by atoms with Crippen molar-refractivity contribution in [3.63, 3.8) is 0 Å². The molecule has 1 amide bonds. The van der Waals surface area contributed by atoms with Gasteiger partial charge in [0.25, 0.3) is 0 Å². The lowest BCUT2D eigenvalue weighted by molar-refractivity contribution is -0.151. The van der Waals surface area contributed by atoms with Crippen molar-refractivity contribution in [3.05, 3.63) is 30.1 Å². The Morgan fingerprint density at radius 1 is 1.43 bits per heavy atom. The van der Waals surface area contributed by atoms with Crippen LogP contribution >= 0.6 is 0 Å². The number of fused-ring (bicyclic) bond motifs is 1. The first kappa shape index (κ1) is 14.6. The van der Waals surface area contributed by atoms with E-state index in [-0.39, 0.29) is 24.4 Å². The standard InChI is InChI=1S/C17H19FN2O3/c1-10-5-16(6-12(10)16)14(21)20-8-13(11-3-2-4-19-7-11)17(18,9-20)15(22)23/h2-4,7,10,12-13H,5-6,8-9H2,1H3,(H,22,23)/t10-,12+,13+,16-,17+/m1/s1. The molecule has 0 unspecified atom stereocenters. The number of alkyl halides is 1. The minimum Gasteiger partial charge on any atom is -0.479 e. The number of aromatic nitrogens is 1. The van der Waals surface area contributed by atoms with Crippen LogP contribution in [-0.2, 0) is 9.59 Å². The number of carboxylic acids is 1. The molecule has 6 heteroatoms. The summed E-state index contributed by atoms with van der Waals surface area (Å²) in [6.07, 6.45) is 4.76. The van der Waals surface area contributed by atoms with Crippen molar-refractivity contribution >= 4 is 11.9 Å². The van der Waals surface area contributed by atoms with Crippen LogP contribution in [0.2, 0.25) is 0 Å². The summed E-state index contributed by atoms with van der Waals surface area (Å²) in [5, 5.41) is 9.40. The van der Waals surface area contributed by atoms with Gasteiger partial charge in [0.05, 0.1) is 17.9 Å². The summed E-state index contributed by atoms with van der Waals surface area (Å²) >= 11 is 0. The second-order valence-electron chi connectivity index (χ2n) is 7.34.